The lowest BCUT2D eigenvalue weighted by atomic mass is 10.1. The number of aromatic nitrogens is 2. The highest BCUT2D eigenvalue weighted by atomic mass is 32.2. The summed E-state index contributed by atoms with van der Waals surface area (Å²) >= 11 is 1.66. The maximum absolute atomic E-state index is 4.75. The van der Waals surface area contributed by atoms with Crippen LogP contribution < -0.4 is 0 Å². The SMILES string of the molecule is CSc1nc(-c2ccc(C)cc2)cn1-c1ccc(C)cc1. The topological polar surface area (TPSA) is 17.8 Å². The van der Waals surface area contributed by atoms with Crippen LogP contribution in [0.15, 0.2) is 59.9 Å². The summed E-state index contributed by atoms with van der Waals surface area (Å²) in [5.74, 6) is 0. The van der Waals surface area contributed by atoms with Crippen molar-refractivity contribution in [2.45, 2.75) is 19.0 Å². The van der Waals surface area contributed by atoms with Crippen LogP contribution in [0.5, 0.6) is 0 Å². The molecule has 0 amide bonds. The molecular formula is C18H18N2S. The van der Waals surface area contributed by atoms with E-state index < -0.39 is 0 Å². The smallest absolute Gasteiger partial charge is 0.172 e. The molecule has 3 rings (SSSR count). The molecule has 0 aliphatic rings. The zero-order chi connectivity index (χ0) is 14.8. The van der Waals surface area contributed by atoms with Crippen molar-refractivity contribution in [3.05, 3.63) is 65.9 Å². The van der Waals surface area contributed by atoms with E-state index in [0.717, 1.165) is 22.1 Å². The standard InChI is InChI=1S/C18H18N2S/c1-13-4-8-15(9-5-13)17-12-20(18(19-17)21-3)16-10-6-14(2)7-11-16/h4-12H,1-3H3. The van der Waals surface area contributed by atoms with Gasteiger partial charge in [-0.05, 0) is 32.2 Å². The van der Waals surface area contributed by atoms with Gasteiger partial charge in [-0.2, -0.15) is 0 Å². The highest BCUT2D eigenvalue weighted by Gasteiger charge is 2.10. The molecule has 0 aliphatic heterocycles. The summed E-state index contributed by atoms with van der Waals surface area (Å²) in [7, 11) is 0. The van der Waals surface area contributed by atoms with Gasteiger partial charge >= 0.3 is 0 Å². The molecule has 0 radical (unpaired) electrons. The molecule has 106 valence electrons. The average Bonchev–Trinajstić information content (AvgIpc) is 2.93. The number of aryl methyl sites for hydroxylation is 2. The Labute approximate surface area is 129 Å². The molecule has 0 atom stereocenters. The lowest BCUT2D eigenvalue weighted by Crippen LogP contribution is -1.93. The van der Waals surface area contributed by atoms with E-state index in [-0.39, 0.29) is 0 Å². The van der Waals surface area contributed by atoms with Crippen LogP contribution in [0, 0.1) is 13.8 Å². The molecule has 0 saturated carbocycles. The minimum Gasteiger partial charge on any atom is -0.294 e. The fourth-order valence-electron chi connectivity index (χ4n) is 2.26. The number of hydrogen-bond donors (Lipinski definition) is 0. The molecule has 2 nitrogen and oxygen atoms in total. The molecule has 1 aromatic heterocycles. The summed E-state index contributed by atoms with van der Waals surface area (Å²) in [6.45, 7) is 4.20. The second kappa shape index (κ2) is 5.78. The first kappa shape index (κ1) is 14.0. The second-order valence-corrected chi connectivity index (χ2v) is 5.96. The molecular weight excluding hydrogens is 276 g/mol. The minimum absolute atomic E-state index is 1.01. The van der Waals surface area contributed by atoms with Crippen molar-refractivity contribution in [2.75, 3.05) is 6.26 Å². The highest BCUT2D eigenvalue weighted by molar-refractivity contribution is 7.98. The van der Waals surface area contributed by atoms with Crippen LogP contribution in [-0.2, 0) is 0 Å². The third-order valence-electron chi connectivity index (χ3n) is 3.52. The van der Waals surface area contributed by atoms with Gasteiger partial charge in [-0.15, -0.1) is 0 Å². The van der Waals surface area contributed by atoms with Gasteiger partial charge in [0.15, 0.2) is 5.16 Å². The van der Waals surface area contributed by atoms with E-state index in [9.17, 15) is 0 Å². The molecule has 0 bridgehead atoms. The molecule has 0 saturated heterocycles. The van der Waals surface area contributed by atoms with E-state index in [1.165, 1.54) is 11.1 Å². The summed E-state index contributed by atoms with van der Waals surface area (Å²) < 4.78 is 2.15. The van der Waals surface area contributed by atoms with Gasteiger partial charge in [-0.1, -0.05) is 59.3 Å². The molecule has 0 spiro atoms. The Hall–Kier alpha value is -2.00. The maximum Gasteiger partial charge on any atom is 0.172 e. The third kappa shape index (κ3) is 2.88. The predicted molar refractivity (Wildman–Crippen MR) is 90.3 cm³/mol. The van der Waals surface area contributed by atoms with Gasteiger partial charge in [-0.25, -0.2) is 4.98 Å². The second-order valence-electron chi connectivity index (χ2n) is 5.18. The van der Waals surface area contributed by atoms with Gasteiger partial charge in [-0.3, -0.25) is 4.57 Å². The monoisotopic (exact) mass is 294 g/mol. The zero-order valence-electron chi connectivity index (χ0n) is 12.5. The van der Waals surface area contributed by atoms with Gasteiger partial charge in [0, 0.05) is 17.4 Å². The van der Waals surface area contributed by atoms with Crippen LogP contribution in [0.4, 0.5) is 0 Å². The van der Waals surface area contributed by atoms with E-state index in [2.05, 4.69) is 79.4 Å². The first-order chi connectivity index (χ1) is 10.2. The highest BCUT2D eigenvalue weighted by Crippen LogP contribution is 2.26. The number of hydrogen-bond acceptors (Lipinski definition) is 2. The number of thioether (sulfide) groups is 1. The van der Waals surface area contributed by atoms with Crippen LogP contribution in [0.2, 0.25) is 0 Å². The first-order valence-corrected chi connectivity index (χ1v) is 8.17. The van der Waals surface area contributed by atoms with E-state index in [0.29, 0.717) is 0 Å². The molecule has 0 N–H and O–H groups in total. The number of benzene rings is 2. The Bertz CT molecular complexity index is 740. The fraction of sp³-hybridized carbons (Fsp3) is 0.167. The van der Waals surface area contributed by atoms with Crippen molar-refractivity contribution in [1.29, 1.82) is 0 Å². The first-order valence-electron chi connectivity index (χ1n) is 6.95. The van der Waals surface area contributed by atoms with Crippen molar-refractivity contribution in [1.82, 2.24) is 9.55 Å². The summed E-state index contributed by atoms with van der Waals surface area (Å²) in [4.78, 5) is 4.75. The normalized spacial score (nSPS) is 10.8. The van der Waals surface area contributed by atoms with Crippen LogP contribution in [0.3, 0.4) is 0 Å². The van der Waals surface area contributed by atoms with Crippen molar-refractivity contribution < 1.29 is 0 Å². The molecule has 2 aromatic carbocycles. The van der Waals surface area contributed by atoms with Gasteiger partial charge in [0.25, 0.3) is 0 Å². The van der Waals surface area contributed by atoms with Crippen molar-refractivity contribution >= 4 is 11.8 Å². The molecule has 0 aliphatic carbocycles. The molecule has 21 heavy (non-hydrogen) atoms. The van der Waals surface area contributed by atoms with Crippen LogP contribution in [-0.4, -0.2) is 15.8 Å². The van der Waals surface area contributed by atoms with Crippen LogP contribution >= 0.6 is 11.8 Å². The van der Waals surface area contributed by atoms with Crippen molar-refractivity contribution in [2.24, 2.45) is 0 Å². The Balaban J connectivity index is 2.05. The molecule has 3 aromatic rings. The van der Waals surface area contributed by atoms with Crippen molar-refractivity contribution in [3.63, 3.8) is 0 Å². The van der Waals surface area contributed by atoms with E-state index in [1.54, 1.807) is 11.8 Å². The molecule has 1 heterocycles. The lowest BCUT2D eigenvalue weighted by molar-refractivity contribution is 0.897. The van der Waals surface area contributed by atoms with Gasteiger partial charge in [0.2, 0.25) is 0 Å². The van der Waals surface area contributed by atoms with E-state index >= 15 is 0 Å². The minimum atomic E-state index is 1.01. The van der Waals surface area contributed by atoms with Gasteiger partial charge < -0.3 is 0 Å². The fourth-order valence-corrected chi connectivity index (χ4v) is 2.81. The number of nitrogens with zero attached hydrogens (tertiary/aromatic N) is 2. The summed E-state index contributed by atoms with van der Waals surface area (Å²) in [5.41, 5.74) is 5.85. The predicted octanol–water partition coefficient (Wildman–Crippen LogP) is 4.88. The maximum atomic E-state index is 4.75. The summed E-state index contributed by atoms with van der Waals surface area (Å²) in [6.07, 6.45) is 4.17. The van der Waals surface area contributed by atoms with Crippen molar-refractivity contribution in [3.8, 4) is 16.9 Å². The Kier molecular flexibility index (Phi) is 3.84. The van der Waals surface area contributed by atoms with E-state index in [4.69, 9.17) is 4.98 Å². The Morgan fingerprint density at radius 2 is 1.43 bits per heavy atom. The Morgan fingerprint density at radius 1 is 0.857 bits per heavy atom. The number of rotatable bonds is 3. The van der Waals surface area contributed by atoms with Crippen LogP contribution in [0.1, 0.15) is 11.1 Å². The largest absolute Gasteiger partial charge is 0.294 e. The summed E-state index contributed by atoms with van der Waals surface area (Å²) in [5, 5.41) is 1.01. The molecule has 0 fully saturated rings. The average molecular weight is 294 g/mol. The molecule has 0 unspecified atom stereocenters. The summed E-state index contributed by atoms with van der Waals surface area (Å²) in [6, 6.07) is 17.0. The molecule has 3 heteroatoms. The zero-order valence-corrected chi connectivity index (χ0v) is 13.3. The van der Waals surface area contributed by atoms with Gasteiger partial charge in [0.1, 0.15) is 0 Å². The Morgan fingerprint density at radius 3 is 2.00 bits per heavy atom. The van der Waals surface area contributed by atoms with Gasteiger partial charge in [0.05, 0.1) is 5.69 Å². The number of imidazole rings is 1. The van der Waals surface area contributed by atoms with Crippen LogP contribution in [0.25, 0.3) is 16.9 Å². The quantitative estimate of drug-likeness (QED) is 0.641. The lowest BCUT2D eigenvalue weighted by Gasteiger charge is -2.05. The van der Waals surface area contributed by atoms with E-state index in [1.807, 2.05) is 0 Å². The third-order valence-corrected chi connectivity index (χ3v) is 4.17.